The van der Waals surface area contributed by atoms with Gasteiger partial charge in [-0.1, -0.05) is 12.1 Å². The Morgan fingerprint density at radius 2 is 1.24 bits per heavy atom. The average molecular weight is 593 g/mol. The van der Waals surface area contributed by atoms with E-state index in [9.17, 15) is 18.4 Å². The van der Waals surface area contributed by atoms with Crippen molar-refractivity contribution in [1.82, 2.24) is 5.32 Å². The van der Waals surface area contributed by atoms with Crippen LogP contribution in [0.15, 0.2) is 83.6 Å². The number of carbonyl (C=O) groups excluding carboxylic acids is 2. The van der Waals surface area contributed by atoms with E-state index in [1.165, 1.54) is 58.3 Å². The van der Waals surface area contributed by atoms with Gasteiger partial charge in [0, 0.05) is 27.4 Å². The van der Waals surface area contributed by atoms with Gasteiger partial charge in [0.2, 0.25) is 0 Å². The SMILES string of the molecule is NCCc1cccs1.O.O=C(Cl)c1ccc(F)cc1.O=C(NCCc1cccs1)c1ccc(F)cc1.[Na+].[OH-]. The van der Waals surface area contributed by atoms with Crippen LogP contribution in [-0.2, 0) is 12.8 Å². The van der Waals surface area contributed by atoms with Gasteiger partial charge in [-0.2, -0.15) is 0 Å². The van der Waals surface area contributed by atoms with Gasteiger partial charge >= 0.3 is 29.6 Å². The Morgan fingerprint density at radius 3 is 1.63 bits per heavy atom. The van der Waals surface area contributed by atoms with Crippen molar-refractivity contribution in [2.24, 2.45) is 5.73 Å². The van der Waals surface area contributed by atoms with Crippen molar-refractivity contribution >= 4 is 45.4 Å². The van der Waals surface area contributed by atoms with Crippen LogP contribution in [0, 0.1) is 11.6 Å². The van der Waals surface area contributed by atoms with Crippen molar-refractivity contribution in [2.45, 2.75) is 12.8 Å². The number of hydrogen-bond acceptors (Lipinski definition) is 6. The van der Waals surface area contributed by atoms with E-state index in [1.807, 2.05) is 17.5 Å². The average Bonchev–Trinajstić information content (AvgIpc) is 3.56. The van der Waals surface area contributed by atoms with E-state index in [1.54, 1.807) is 22.7 Å². The van der Waals surface area contributed by atoms with Crippen LogP contribution in [0.1, 0.15) is 30.5 Å². The Kier molecular flexibility index (Phi) is 22.0. The topological polar surface area (TPSA) is 134 Å². The Labute approximate surface area is 255 Å². The molecule has 0 bridgehead atoms. The first-order valence-corrected chi connectivity index (χ1v) is 12.8. The summed E-state index contributed by atoms with van der Waals surface area (Å²) in [5, 5.41) is 6.32. The standard InChI is InChI=1S/C13H12FNOS.C7H4ClFO.C6H9NS.Na.2H2O/c14-11-5-3-10(4-6-11)13(16)15-8-7-12-2-1-9-17-12;8-7(10)5-1-3-6(9)4-2-5;7-4-3-6-2-1-5-8-6;;;/h1-6,9H,7-8H2,(H,15,16);1-4H;1-2,5H,3-4,7H2;;2*1H2/q;;;+1;;/p-1. The molecule has 1 amide bonds. The number of benzene rings is 2. The second-order valence-corrected chi connectivity index (χ2v) is 9.40. The van der Waals surface area contributed by atoms with Gasteiger partial charge in [0.25, 0.3) is 11.1 Å². The molecule has 0 aliphatic heterocycles. The summed E-state index contributed by atoms with van der Waals surface area (Å²) in [6.07, 6.45) is 1.85. The van der Waals surface area contributed by atoms with Gasteiger partial charge in [-0.05, 0) is 102 Å². The van der Waals surface area contributed by atoms with Crippen molar-refractivity contribution in [3.05, 3.63) is 116 Å². The molecule has 2 aromatic carbocycles. The number of amides is 1. The first-order chi connectivity index (χ1) is 16.9. The fraction of sp³-hybridized carbons (Fsp3) is 0.154. The third-order valence-corrected chi connectivity index (χ3v) is 6.48. The van der Waals surface area contributed by atoms with E-state index in [-0.39, 0.29) is 58.1 Å². The molecule has 6 N–H and O–H groups in total. The Bertz CT molecular complexity index is 1150. The molecule has 12 heteroatoms. The van der Waals surface area contributed by atoms with Crippen molar-refractivity contribution in [3.63, 3.8) is 0 Å². The van der Waals surface area contributed by atoms with Crippen LogP contribution in [0.5, 0.6) is 0 Å². The first-order valence-electron chi connectivity index (χ1n) is 10.6. The number of carbonyl (C=O) groups is 2. The summed E-state index contributed by atoms with van der Waals surface area (Å²) in [5.41, 5.74) is 6.12. The molecule has 0 aliphatic rings. The number of halogens is 3. The van der Waals surface area contributed by atoms with Gasteiger partial charge in [-0.15, -0.1) is 22.7 Å². The van der Waals surface area contributed by atoms with E-state index in [4.69, 9.17) is 17.3 Å². The molecular formula is C26H28ClF2N2NaO4S2. The minimum atomic E-state index is -0.569. The van der Waals surface area contributed by atoms with Crippen molar-refractivity contribution in [1.29, 1.82) is 0 Å². The van der Waals surface area contributed by atoms with E-state index < -0.39 is 5.24 Å². The van der Waals surface area contributed by atoms with Gasteiger partial charge in [0.1, 0.15) is 11.6 Å². The van der Waals surface area contributed by atoms with E-state index in [0.29, 0.717) is 17.7 Å². The Balaban J connectivity index is 0. The number of rotatable bonds is 7. The maximum Gasteiger partial charge on any atom is 1.00 e. The number of hydrogen-bond donors (Lipinski definition) is 2. The predicted molar refractivity (Wildman–Crippen MR) is 146 cm³/mol. The molecule has 0 radical (unpaired) electrons. The van der Waals surface area contributed by atoms with Crippen molar-refractivity contribution in [3.8, 4) is 0 Å². The fourth-order valence-corrected chi connectivity index (χ4v) is 4.20. The monoisotopic (exact) mass is 592 g/mol. The van der Waals surface area contributed by atoms with Crippen LogP contribution < -0.4 is 40.6 Å². The van der Waals surface area contributed by atoms with Crippen LogP contribution in [0.3, 0.4) is 0 Å². The molecule has 38 heavy (non-hydrogen) atoms. The van der Waals surface area contributed by atoms with Gasteiger partial charge in [-0.25, -0.2) is 8.78 Å². The van der Waals surface area contributed by atoms with Crippen LogP contribution in [0.4, 0.5) is 8.78 Å². The number of thiophene rings is 2. The zero-order valence-electron chi connectivity index (χ0n) is 20.7. The fourth-order valence-electron chi connectivity index (χ4n) is 2.64. The Morgan fingerprint density at radius 1 is 0.789 bits per heavy atom. The molecule has 2 heterocycles. The summed E-state index contributed by atoms with van der Waals surface area (Å²) >= 11 is 8.53. The van der Waals surface area contributed by atoms with Gasteiger partial charge in [-0.3, -0.25) is 9.59 Å². The van der Waals surface area contributed by atoms with Crippen LogP contribution in [0.25, 0.3) is 0 Å². The van der Waals surface area contributed by atoms with Crippen molar-refractivity contribution < 1.29 is 58.9 Å². The van der Waals surface area contributed by atoms with E-state index in [2.05, 4.69) is 22.8 Å². The molecule has 0 atom stereocenters. The molecular weight excluding hydrogens is 565 g/mol. The van der Waals surface area contributed by atoms with Crippen LogP contribution in [0.2, 0.25) is 0 Å². The summed E-state index contributed by atoms with van der Waals surface area (Å²) in [5.74, 6) is -0.872. The number of nitrogens with one attached hydrogen (secondary N) is 1. The quantitative estimate of drug-likeness (QED) is 0.252. The molecule has 200 valence electrons. The minimum absolute atomic E-state index is 0. The molecule has 0 aliphatic carbocycles. The first kappa shape index (κ1) is 38.2. The van der Waals surface area contributed by atoms with Crippen LogP contribution >= 0.6 is 34.3 Å². The molecule has 0 unspecified atom stereocenters. The maximum atomic E-state index is 12.7. The third-order valence-electron chi connectivity index (χ3n) is 4.39. The maximum absolute atomic E-state index is 12.7. The summed E-state index contributed by atoms with van der Waals surface area (Å²) in [6.45, 7) is 1.36. The molecule has 6 nitrogen and oxygen atoms in total. The Hall–Kier alpha value is -1.99. The van der Waals surface area contributed by atoms with Gasteiger partial charge in [0.05, 0.1) is 0 Å². The second-order valence-electron chi connectivity index (χ2n) is 6.99. The molecule has 0 spiro atoms. The number of nitrogens with two attached hydrogens (primary N) is 1. The van der Waals surface area contributed by atoms with Crippen LogP contribution in [-0.4, -0.2) is 35.2 Å². The minimum Gasteiger partial charge on any atom is -0.870 e. The molecule has 0 saturated carbocycles. The molecule has 2 aromatic heterocycles. The molecule has 0 saturated heterocycles. The van der Waals surface area contributed by atoms with Gasteiger partial charge in [0.15, 0.2) is 0 Å². The van der Waals surface area contributed by atoms with Crippen molar-refractivity contribution in [2.75, 3.05) is 13.1 Å². The second kappa shape index (κ2) is 21.9. The molecule has 0 fully saturated rings. The zero-order chi connectivity index (χ0) is 25.5. The molecule has 4 aromatic rings. The summed E-state index contributed by atoms with van der Waals surface area (Å²) in [7, 11) is 0. The normalized spacial score (nSPS) is 9.05. The summed E-state index contributed by atoms with van der Waals surface area (Å²) in [4.78, 5) is 24.7. The van der Waals surface area contributed by atoms with Gasteiger partial charge < -0.3 is 22.0 Å². The smallest absolute Gasteiger partial charge is 0.870 e. The molecule has 4 rings (SSSR count). The van der Waals surface area contributed by atoms with E-state index in [0.717, 1.165) is 19.4 Å². The zero-order valence-corrected chi connectivity index (χ0v) is 25.1. The van der Waals surface area contributed by atoms with E-state index >= 15 is 0 Å². The largest absolute Gasteiger partial charge is 1.00 e. The predicted octanol–water partition coefficient (Wildman–Crippen LogP) is 2.32. The third kappa shape index (κ3) is 15.4. The summed E-state index contributed by atoms with van der Waals surface area (Å²) < 4.78 is 24.9. The summed E-state index contributed by atoms with van der Waals surface area (Å²) in [6, 6.07) is 18.8.